The summed E-state index contributed by atoms with van der Waals surface area (Å²) in [5.74, 6) is -1.32. The Bertz CT molecular complexity index is 733. The van der Waals surface area contributed by atoms with E-state index in [1.165, 1.54) is 25.3 Å². The van der Waals surface area contributed by atoms with Crippen molar-refractivity contribution in [2.75, 3.05) is 20.3 Å². The summed E-state index contributed by atoms with van der Waals surface area (Å²) in [6.45, 7) is 1.63. The lowest BCUT2D eigenvalue weighted by molar-refractivity contribution is -0.143. The summed E-state index contributed by atoms with van der Waals surface area (Å²) in [4.78, 5) is 36.3. The van der Waals surface area contributed by atoms with Crippen LogP contribution in [-0.4, -0.2) is 47.4 Å². The molecule has 1 aliphatic rings. The Morgan fingerprint density at radius 1 is 1.42 bits per heavy atom. The Labute approximate surface area is 147 Å². The van der Waals surface area contributed by atoms with Crippen LogP contribution in [0.5, 0.6) is 11.5 Å². The molecule has 0 unspecified atom stereocenters. The number of nitrogens with zero attached hydrogens (tertiary/aromatic N) is 1. The number of hydrogen-bond donors (Lipinski definition) is 1. The second kappa shape index (κ2) is 7.59. The van der Waals surface area contributed by atoms with Crippen LogP contribution in [0.4, 0.5) is 4.79 Å². The summed E-state index contributed by atoms with van der Waals surface area (Å²) in [5.41, 5.74) is 0.477. The van der Waals surface area contributed by atoms with Gasteiger partial charge < -0.3 is 14.6 Å². The summed E-state index contributed by atoms with van der Waals surface area (Å²) in [6.07, 6.45) is 1.44. The third-order valence-electron chi connectivity index (χ3n) is 3.04. The van der Waals surface area contributed by atoms with Crippen LogP contribution in [0.3, 0.4) is 0 Å². The number of hydrogen-bond acceptors (Lipinski definition) is 7. The highest BCUT2D eigenvalue weighted by atomic mass is 35.5. The molecule has 1 saturated heterocycles. The number of carbonyl (C=O) groups excluding carboxylic acids is 3. The second-order valence-corrected chi connectivity index (χ2v) is 6.03. The van der Waals surface area contributed by atoms with Crippen molar-refractivity contribution in [2.45, 2.75) is 6.92 Å². The van der Waals surface area contributed by atoms with Gasteiger partial charge in [-0.3, -0.25) is 19.3 Å². The van der Waals surface area contributed by atoms with E-state index in [1.54, 1.807) is 6.92 Å². The summed E-state index contributed by atoms with van der Waals surface area (Å²) in [7, 11) is 1.17. The van der Waals surface area contributed by atoms with Crippen molar-refractivity contribution in [2.24, 2.45) is 0 Å². The maximum atomic E-state index is 12.2. The molecule has 1 heterocycles. The lowest BCUT2D eigenvalue weighted by atomic mass is 10.2. The fourth-order valence-electron chi connectivity index (χ4n) is 1.92. The zero-order valence-electron chi connectivity index (χ0n) is 12.9. The van der Waals surface area contributed by atoms with Gasteiger partial charge in [0.15, 0.2) is 11.5 Å². The number of methoxy groups -OCH3 is 1. The fourth-order valence-corrected chi connectivity index (χ4v) is 2.98. The highest BCUT2D eigenvalue weighted by molar-refractivity contribution is 8.18. The molecule has 0 aliphatic carbocycles. The molecule has 1 fully saturated rings. The highest BCUT2D eigenvalue weighted by Crippen LogP contribution is 2.38. The van der Waals surface area contributed by atoms with Crippen LogP contribution in [-0.2, 0) is 14.3 Å². The summed E-state index contributed by atoms with van der Waals surface area (Å²) >= 11 is 6.63. The van der Waals surface area contributed by atoms with Crippen molar-refractivity contribution in [1.29, 1.82) is 0 Å². The van der Waals surface area contributed by atoms with Gasteiger partial charge in [0.05, 0.1) is 23.6 Å². The molecule has 2 amide bonds. The van der Waals surface area contributed by atoms with Gasteiger partial charge in [-0.25, -0.2) is 0 Å². The molecule has 1 N–H and O–H groups in total. The van der Waals surface area contributed by atoms with Gasteiger partial charge in [0.1, 0.15) is 6.54 Å². The van der Waals surface area contributed by atoms with Gasteiger partial charge in [0.2, 0.25) is 0 Å². The standard InChI is InChI=1S/C15H14ClNO6S/c1-3-23-10-5-8(4-9(16)13(10)19)6-11-14(20)17(15(21)24-11)7-12(18)22-2/h4-6,19H,3,7H2,1-2H3/b11-6+. The quantitative estimate of drug-likeness (QED) is 0.628. The van der Waals surface area contributed by atoms with Crippen molar-refractivity contribution in [1.82, 2.24) is 4.90 Å². The average Bonchev–Trinajstić information content (AvgIpc) is 2.79. The molecule has 0 saturated carbocycles. The van der Waals surface area contributed by atoms with Crippen molar-refractivity contribution in [3.8, 4) is 11.5 Å². The maximum Gasteiger partial charge on any atom is 0.325 e. The predicted molar refractivity (Wildman–Crippen MR) is 89.0 cm³/mol. The highest BCUT2D eigenvalue weighted by Gasteiger charge is 2.36. The third-order valence-corrected chi connectivity index (χ3v) is 4.23. The molecular weight excluding hydrogens is 358 g/mol. The first-order valence-corrected chi connectivity index (χ1v) is 8.04. The average molecular weight is 372 g/mol. The van der Waals surface area contributed by atoms with Crippen LogP contribution >= 0.6 is 23.4 Å². The van der Waals surface area contributed by atoms with E-state index in [0.717, 1.165) is 4.90 Å². The van der Waals surface area contributed by atoms with Crippen LogP contribution in [0.25, 0.3) is 6.08 Å². The monoisotopic (exact) mass is 371 g/mol. The van der Waals surface area contributed by atoms with Gasteiger partial charge in [0, 0.05) is 0 Å². The molecule has 1 aromatic carbocycles. The fraction of sp³-hybridized carbons (Fsp3) is 0.267. The Balaban J connectivity index is 2.30. The second-order valence-electron chi connectivity index (χ2n) is 4.63. The molecule has 0 aromatic heterocycles. The molecule has 24 heavy (non-hydrogen) atoms. The lowest BCUT2D eigenvalue weighted by Crippen LogP contribution is -2.34. The van der Waals surface area contributed by atoms with Crippen molar-refractivity contribution in [3.63, 3.8) is 0 Å². The number of esters is 1. The number of thioether (sulfide) groups is 1. The molecule has 0 atom stereocenters. The first kappa shape index (κ1) is 18.2. The van der Waals surface area contributed by atoms with Crippen LogP contribution < -0.4 is 4.74 Å². The summed E-state index contributed by atoms with van der Waals surface area (Å²) < 4.78 is 9.72. The number of imide groups is 1. The van der Waals surface area contributed by atoms with Gasteiger partial charge in [-0.15, -0.1) is 0 Å². The molecule has 9 heteroatoms. The van der Waals surface area contributed by atoms with E-state index in [2.05, 4.69) is 4.74 Å². The predicted octanol–water partition coefficient (Wildman–Crippen LogP) is 2.65. The smallest absolute Gasteiger partial charge is 0.325 e. The Kier molecular flexibility index (Phi) is 5.74. The summed E-state index contributed by atoms with van der Waals surface area (Å²) in [5, 5.41) is 9.31. The van der Waals surface area contributed by atoms with E-state index in [9.17, 15) is 19.5 Å². The molecule has 128 valence electrons. The molecule has 0 spiro atoms. The number of phenols is 1. The SMILES string of the molecule is CCOc1cc(/C=C2/SC(=O)N(CC(=O)OC)C2=O)cc(Cl)c1O. The zero-order chi connectivity index (χ0) is 17.9. The van der Waals surface area contributed by atoms with Gasteiger partial charge in [-0.1, -0.05) is 11.6 Å². The molecule has 1 aliphatic heterocycles. The van der Waals surface area contributed by atoms with E-state index >= 15 is 0 Å². The van der Waals surface area contributed by atoms with Gasteiger partial charge in [0.25, 0.3) is 11.1 Å². The lowest BCUT2D eigenvalue weighted by Gasteiger charge is -2.10. The number of aromatic hydroxyl groups is 1. The van der Waals surface area contributed by atoms with Gasteiger partial charge in [-0.2, -0.15) is 0 Å². The number of rotatable bonds is 5. The van der Waals surface area contributed by atoms with Crippen LogP contribution in [0.2, 0.25) is 5.02 Å². The molecule has 2 rings (SSSR count). The van der Waals surface area contributed by atoms with E-state index in [0.29, 0.717) is 23.9 Å². The minimum absolute atomic E-state index is 0.0565. The Morgan fingerprint density at radius 2 is 2.12 bits per heavy atom. The molecule has 7 nitrogen and oxygen atoms in total. The molecule has 0 radical (unpaired) electrons. The maximum absolute atomic E-state index is 12.2. The normalized spacial score (nSPS) is 16.0. The first-order valence-electron chi connectivity index (χ1n) is 6.84. The van der Waals surface area contributed by atoms with Crippen molar-refractivity contribution in [3.05, 3.63) is 27.6 Å². The van der Waals surface area contributed by atoms with E-state index in [4.69, 9.17) is 16.3 Å². The molecule has 1 aromatic rings. The van der Waals surface area contributed by atoms with Crippen LogP contribution in [0, 0.1) is 0 Å². The third kappa shape index (κ3) is 3.82. The largest absolute Gasteiger partial charge is 0.503 e. The van der Waals surface area contributed by atoms with E-state index in [1.807, 2.05) is 0 Å². The van der Waals surface area contributed by atoms with Crippen LogP contribution in [0.1, 0.15) is 12.5 Å². The zero-order valence-corrected chi connectivity index (χ0v) is 14.4. The van der Waals surface area contributed by atoms with Crippen molar-refractivity contribution < 1.29 is 29.0 Å². The Morgan fingerprint density at radius 3 is 2.75 bits per heavy atom. The van der Waals surface area contributed by atoms with E-state index in [-0.39, 0.29) is 21.4 Å². The molecule has 0 bridgehead atoms. The number of halogens is 1. The topological polar surface area (TPSA) is 93.1 Å². The Hall–Kier alpha value is -2.19. The van der Waals surface area contributed by atoms with Crippen molar-refractivity contribution >= 4 is 46.6 Å². The number of amides is 2. The number of phenolic OH excluding ortho intramolecular Hbond substituents is 1. The van der Waals surface area contributed by atoms with E-state index < -0.39 is 23.7 Å². The number of carbonyl (C=O) groups is 3. The van der Waals surface area contributed by atoms with Gasteiger partial charge in [-0.05, 0) is 42.5 Å². The van der Waals surface area contributed by atoms with Crippen LogP contribution in [0.15, 0.2) is 17.0 Å². The summed E-state index contributed by atoms with van der Waals surface area (Å²) in [6, 6.07) is 2.94. The first-order chi connectivity index (χ1) is 11.4. The number of benzene rings is 1. The minimum atomic E-state index is -0.690. The number of ether oxygens (including phenoxy) is 2. The minimum Gasteiger partial charge on any atom is -0.503 e. The van der Waals surface area contributed by atoms with Gasteiger partial charge >= 0.3 is 5.97 Å². The molecular formula is C15H14ClNO6S.